The van der Waals surface area contributed by atoms with Crippen molar-refractivity contribution in [1.29, 1.82) is 0 Å². The molecule has 2 rings (SSSR count). The highest BCUT2D eigenvalue weighted by Gasteiger charge is 2.20. The number of hydrogen-bond acceptors (Lipinski definition) is 2. The van der Waals surface area contributed by atoms with Crippen LogP contribution in [-0.2, 0) is 0 Å². The van der Waals surface area contributed by atoms with Crippen LogP contribution in [0.3, 0.4) is 0 Å². The van der Waals surface area contributed by atoms with E-state index in [2.05, 4.69) is 23.6 Å². The van der Waals surface area contributed by atoms with E-state index in [9.17, 15) is 0 Å². The van der Waals surface area contributed by atoms with Gasteiger partial charge in [0.15, 0.2) is 0 Å². The second kappa shape index (κ2) is 4.37. The second-order valence-corrected chi connectivity index (χ2v) is 4.72. The van der Waals surface area contributed by atoms with Crippen molar-refractivity contribution in [1.82, 2.24) is 10.6 Å². The minimum Gasteiger partial charge on any atom is -0.370 e. The van der Waals surface area contributed by atoms with Gasteiger partial charge in [-0.25, -0.2) is 0 Å². The highest BCUT2D eigenvalue weighted by molar-refractivity contribution is 6.29. The molecule has 0 bridgehead atoms. The molecule has 2 aliphatic rings. The van der Waals surface area contributed by atoms with E-state index in [1.807, 2.05) is 6.08 Å². The molecular weight excluding hydrogens is 196 g/mol. The molecule has 78 valence electrons. The Morgan fingerprint density at radius 3 is 3.07 bits per heavy atom. The van der Waals surface area contributed by atoms with Gasteiger partial charge in [-0.05, 0) is 37.8 Å². The van der Waals surface area contributed by atoms with Crippen molar-refractivity contribution in [2.45, 2.75) is 32.4 Å². The Hall–Kier alpha value is -0.470. The van der Waals surface area contributed by atoms with E-state index in [1.165, 1.54) is 12.1 Å². The van der Waals surface area contributed by atoms with E-state index in [0.717, 1.165) is 30.3 Å². The van der Waals surface area contributed by atoms with E-state index in [-0.39, 0.29) is 0 Å². The molecule has 2 unspecified atom stereocenters. The molecule has 1 aliphatic heterocycles. The summed E-state index contributed by atoms with van der Waals surface area (Å²) in [7, 11) is 0. The predicted octanol–water partition coefficient (Wildman–Crippen LogP) is 2.33. The summed E-state index contributed by atoms with van der Waals surface area (Å²) < 4.78 is 0. The molecule has 0 aromatic rings. The summed E-state index contributed by atoms with van der Waals surface area (Å²) in [5.41, 5.74) is 1.17. The average Bonchev–Trinajstić information content (AvgIpc) is 2.51. The smallest absolute Gasteiger partial charge is 0.0771 e. The maximum absolute atomic E-state index is 5.99. The predicted molar refractivity (Wildman–Crippen MR) is 60.0 cm³/mol. The van der Waals surface area contributed by atoms with Crippen LogP contribution >= 0.6 is 11.6 Å². The van der Waals surface area contributed by atoms with Gasteiger partial charge in [-0.1, -0.05) is 24.6 Å². The van der Waals surface area contributed by atoms with Crippen LogP contribution in [0.15, 0.2) is 22.9 Å². The van der Waals surface area contributed by atoms with Gasteiger partial charge in [0.05, 0.1) is 6.17 Å². The van der Waals surface area contributed by atoms with Crippen molar-refractivity contribution in [3.05, 3.63) is 22.9 Å². The molecule has 2 N–H and O–H groups in total. The van der Waals surface area contributed by atoms with Crippen LogP contribution in [0.1, 0.15) is 26.2 Å². The molecule has 3 heteroatoms. The summed E-state index contributed by atoms with van der Waals surface area (Å²) in [4.78, 5) is 0. The number of rotatable bonds is 2. The fraction of sp³-hybridized carbons (Fsp3) is 0.636. The lowest BCUT2D eigenvalue weighted by molar-refractivity contribution is 0.523. The minimum atomic E-state index is 0.426. The number of allylic oxidation sites excluding steroid dienone is 3. The lowest BCUT2D eigenvalue weighted by atomic mass is 10.1. The van der Waals surface area contributed by atoms with Crippen molar-refractivity contribution >= 4 is 11.6 Å². The Labute approximate surface area is 90.4 Å². The second-order valence-electron chi connectivity index (χ2n) is 4.24. The number of hydrogen-bond donors (Lipinski definition) is 2. The van der Waals surface area contributed by atoms with Crippen LogP contribution in [-0.4, -0.2) is 12.7 Å². The number of halogens is 1. The van der Waals surface area contributed by atoms with Gasteiger partial charge in [-0.3, -0.25) is 5.32 Å². The third-order valence-corrected chi connectivity index (χ3v) is 3.05. The molecule has 0 aromatic carbocycles. The van der Waals surface area contributed by atoms with Crippen molar-refractivity contribution in [2.75, 3.05) is 6.54 Å². The highest BCUT2D eigenvalue weighted by Crippen LogP contribution is 2.20. The van der Waals surface area contributed by atoms with Gasteiger partial charge in [0.25, 0.3) is 0 Å². The molecule has 0 aromatic heterocycles. The maximum atomic E-state index is 5.99. The van der Waals surface area contributed by atoms with Gasteiger partial charge in [0.2, 0.25) is 0 Å². The van der Waals surface area contributed by atoms with Gasteiger partial charge in [-0.15, -0.1) is 0 Å². The average molecular weight is 213 g/mol. The van der Waals surface area contributed by atoms with Gasteiger partial charge < -0.3 is 5.32 Å². The summed E-state index contributed by atoms with van der Waals surface area (Å²) in [6, 6.07) is 0. The standard InChI is InChI=1S/C11H17ClN2/c1-8-5-11(13-7-8)14-10-4-2-3-9(12)6-10/h4,6,8,11,13-14H,2-3,5,7H2,1H3. The SMILES string of the molecule is CC1CNC(NC2=CCCC(Cl)=C2)C1. The summed E-state index contributed by atoms with van der Waals surface area (Å²) in [6.45, 7) is 3.38. The van der Waals surface area contributed by atoms with Crippen LogP contribution in [0.2, 0.25) is 0 Å². The van der Waals surface area contributed by atoms with Crippen LogP contribution in [0, 0.1) is 5.92 Å². The zero-order chi connectivity index (χ0) is 9.97. The topological polar surface area (TPSA) is 24.1 Å². The van der Waals surface area contributed by atoms with E-state index in [4.69, 9.17) is 11.6 Å². The Balaban J connectivity index is 1.88. The van der Waals surface area contributed by atoms with E-state index < -0.39 is 0 Å². The summed E-state index contributed by atoms with van der Waals surface area (Å²) in [5, 5.41) is 7.87. The molecule has 0 amide bonds. The Morgan fingerprint density at radius 2 is 2.43 bits per heavy atom. The normalized spacial score (nSPS) is 32.4. The van der Waals surface area contributed by atoms with Gasteiger partial charge in [0, 0.05) is 10.7 Å². The molecule has 0 saturated carbocycles. The van der Waals surface area contributed by atoms with Gasteiger partial charge in [-0.2, -0.15) is 0 Å². The molecule has 0 radical (unpaired) electrons. The highest BCUT2D eigenvalue weighted by atomic mass is 35.5. The quantitative estimate of drug-likeness (QED) is 0.734. The monoisotopic (exact) mass is 212 g/mol. The Bertz CT molecular complexity index is 270. The van der Waals surface area contributed by atoms with Gasteiger partial charge in [0.1, 0.15) is 0 Å². The van der Waals surface area contributed by atoms with E-state index in [1.54, 1.807) is 0 Å². The van der Waals surface area contributed by atoms with Crippen molar-refractivity contribution in [3.8, 4) is 0 Å². The zero-order valence-corrected chi connectivity index (χ0v) is 9.27. The third-order valence-electron chi connectivity index (χ3n) is 2.75. The molecule has 1 heterocycles. The first-order valence-corrected chi connectivity index (χ1v) is 5.68. The lowest BCUT2D eigenvalue weighted by Crippen LogP contribution is -2.36. The van der Waals surface area contributed by atoms with Crippen LogP contribution in [0.5, 0.6) is 0 Å². The zero-order valence-electron chi connectivity index (χ0n) is 8.52. The molecule has 1 aliphatic carbocycles. The first-order chi connectivity index (χ1) is 6.74. The van der Waals surface area contributed by atoms with Crippen LogP contribution < -0.4 is 10.6 Å². The Kier molecular flexibility index (Phi) is 3.14. The number of nitrogens with one attached hydrogen (secondary N) is 2. The van der Waals surface area contributed by atoms with Gasteiger partial charge >= 0.3 is 0 Å². The molecular formula is C11H17ClN2. The first kappa shape index (κ1) is 10.1. The third kappa shape index (κ3) is 2.52. The fourth-order valence-electron chi connectivity index (χ4n) is 1.99. The largest absolute Gasteiger partial charge is 0.370 e. The first-order valence-electron chi connectivity index (χ1n) is 5.30. The molecule has 1 fully saturated rings. The van der Waals surface area contributed by atoms with Crippen LogP contribution in [0.4, 0.5) is 0 Å². The molecule has 2 atom stereocenters. The summed E-state index contributed by atoms with van der Waals surface area (Å²) in [6.07, 6.45) is 7.92. The molecule has 0 spiro atoms. The van der Waals surface area contributed by atoms with Crippen molar-refractivity contribution in [2.24, 2.45) is 5.92 Å². The van der Waals surface area contributed by atoms with Crippen LogP contribution in [0.25, 0.3) is 0 Å². The summed E-state index contributed by atoms with van der Waals surface area (Å²) >= 11 is 5.99. The van der Waals surface area contributed by atoms with Crippen molar-refractivity contribution < 1.29 is 0 Å². The fourth-order valence-corrected chi connectivity index (χ4v) is 2.22. The maximum Gasteiger partial charge on any atom is 0.0771 e. The van der Waals surface area contributed by atoms with Crippen molar-refractivity contribution in [3.63, 3.8) is 0 Å². The van der Waals surface area contributed by atoms with E-state index in [0.29, 0.717) is 6.17 Å². The molecule has 2 nitrogen and oxygen atoms in total. The Morgan fingerprint density at radius 1 is 1.57 bits per heavy atom. The lowest BCUT2D eigenvalue weighted by Gasteiger charge is -2.17. The minimum absolute atomic E-state index is 0.426. The van der Waals surface area contributed by atoms with E-state index >= 15 is 0 Å². The molecule has 1 saturated heterocycles. The molecule has 14 heavy (non-hydrogen) atoms. The summed E-state index contributed by atoms with van der Waals surface area (Å²) in [5.74, 6) is 0.774.